The molecule has 2 aliphatic rings. The van der Waals surface area contributed by atoms with E-state index in [4.69, 9.17) is 0 Å². The van der Waals surface area contributed by atoms with Gasteiger partial charge in [0, 0.05) is 38.7 Å². The molecule has 120 valence electrons. The van der Waals surface area contributed by atoms with Crippen molar-refractivity contribution in [2.24, 2.45) is 5.92 Å². The van der Waals surface area contributed by atoms with Gasteiger partial charge in [0.2, 0.25) is 5.91 Å². The molecule has 0 unspecified atom stereocenters. The monoisotopic (exact) mass is 313 g/mol. The number of aromatic nitrogens is 2. The van der Waals surface area contributed by atoms with Crippen molar-refractivity contribution in [1.82, 2.24) is 19.2 Å². The zero-order chi connectivity index (χ0) is 16.0. The van der Waals surface area contributed by atoms with Crippen LogP contribution in [-0.2, 0) is 4.79 Å². The van der Waals surface area contributed by atoms with Crippen LogP contribution < -0.4 is 5.32 Å². The van der Waals surface area contributed by atoms with Crippen LogP contribution in [0.3, 0.4) is 0 Å². The highest BCUT2D eigenvalue weighted by Crippen LogP contribution is 2.31. The molecule has 3 amide bonds. The van der Waals surface area contributed by atoms with Crippen molar-refractivity contribution >= 4 is 23.3 Å². The first-order valence-electron chi connectivity index (χ1n) is 7.89. The Kier molecular flexibility index (Phi) is 3.21. The third-order valence-corrected chi connectivity index (χ3v) is 4.83. The van der Waals surface area contributed by atoms with Crippen molar-refractivity contribution in [2.75, 3.05) is 25.5 Å². The van der Waals surface area contributed by atoms with E-state index >= 15 is 0 Å². The fourth-order valence-electron chi connectivity index (χ4n) is 3.67. The number of carbonyl (C=O) groups excluding carboxylic acids is 2. The highest BCUT2D eigenvalue weighted by molar-refractivity contribution is 5.91. The maximum absolute atomic E-state index is 12.7. The number of hydrogen-bond acceptors (Lipinski definition) is 3. The van der Waals surface area contributed by atoms with Gasteiger partial charge in [-0.3, -0.25) is 4.79 Å². The van der Waals surface area contributed by atoms with Gasteiger partial charge in [0.05, 0.1) is 17.6 Å². The van der Waals surface area contributed by atoms with Crippen LogP contribution in [0.2, 0.25) is 0 Å². The highest BCUT2D eigenvalue weighted by Gasteiger charge is 2.45. The molecule has 7 nitrogen and oxygen atoms in total. The summed E-state index contributed by atoms with van der Waals surface area (Å²) in [4.78, 5) is 32.5. The maximum atomic E-state index is 12.7. The summed E-state index contributed by atoms with van der Waals surface area (Å²) in [5.41, 5.74) is 1.56. The van der Waals surface area contributed by atoms with Crippen molar-refractivity contribution in [3.63, 3.8) is 0 Å². The SMILES string of the molecule is CN1C[C@@H]2[C@@H](CCCN2C(=O)Nc2ccc3nccn3c2)C1=O. The van der Waals surface area contributed by atoms with Gasteiger partial charge in [-0.25, -0.2) is 9.78 Å². The first kappa shape index (κ1) is 14.0. The first-order valence-corrected chi connectivity index (χ1v) is 7.89. The number of fused-ring (bicyclic) bond motifs is 2. The van der Waals surface area contributed by atoms with E-state index in [-0.39, 0.29) is 23.9 Å². The Morgan fingerprint density at radius 1 is 1.39 bits per heavy atom. The lowest BCUT2D eigenvalue weighted by Crippen LogP contribution is -2.50. The largest absolute Gasteiger partial charge is 0.343 e. The predicted molar refractivity (Wildman–Crippen MR) is 85.1 cm³/mol. The number of imidazole rings is 1. The Morgan fingerprint density at radius 2 is 2.26 bits per heavy atom. The van der Waals surface area contributed by atoms with Crippen LogP contribution in [0.1, 0.15) is 12.8 Å². The van der Waals surface area contributed by atoms with Gasteiger partial charge >= 0.3 is 6.03 Å². The summed E-state index contributed by atoms with van der Waals surface area (Å²) in [5, 5.41) is 2.94. The number of likely N-dealkylation sites (tertiary alicyclic amines) is 2. The fraction of sp³-hybridized carbons (Fsp3) is 0.438. The van der Waals surface area contributed by atoms with Crippen molar-refractivity contribution in [3.05, 3.63) is 30.7 Å². The third-order valence-electron chi connectivity index (χ3n) is 4.83. The second-order valence-corrected chi connectivity index (χ2v) is 6.27. The lowest BCUT2D eigenvalue weighted by molar-refractivity contribution is -0.130. The second-order valence-electron chi connectivity index (χ2n) is 6.27. The quantitative estimate of drug-likeness (QED) is 0.865. The van der Waals surface area contributed by atoms with Gasteiger partial charge in [-0.05, 0) is 25.0 Å². The summed E-state index contributed by atoms with van der Waals surface area (Å²) in [6.07, 6.45) is 7.14. The molecule has 2 aromatic rings. The minimum absolute atomic E-state index is 0.0155. The molecule has 4 heterocycles. The van der Waals surface area contributed by atoms with Crippen LogP contribution in [0.4, 0.5) is 10.5 Å². The molecule has 4 rings (SSSR count). The molecule has 0 aliphatic carbocycles. The number of rotatable bonds is 1. The van der Waals surface area contributed by atoms with Crippen molar-refractivity contribution in [1.29, 1.82) is 0 Å². The van der Waals surface area contributed by atoms with Crippen LogP contribution >= 0.6 is 0 Å². The smallest absolute Gasteiger partial charge is 0.322 e. The predicted octanol–water partition coefficient (Wildman–Crippen LogP) is 1.42. The number of urea groups is 1. The number of likely N-dealkylation sites (N-methyl/N-ethyl adjacent to an activating group) is 1. The van der Waals surface area contributed by atoms with E-state index in [1.54, 1.807) is 11.1 Å². The summed E-state index contributed by atoms with van der Waals surface area (Å²) in [6, 6.07) is 3.55. The second kappa shape index (κ2) is 5.26. The van der Waals surface area contributed by atoms with Crippen molar-refractivity contribution < 1.29 is 9.59 Å². The summed E-state index contributed by atoms with van der Waals surface area (Å²) < 4.78 is 1.86. The molecule has 0 saturated carbocycles. The van der Waals surface area contributed by atoms with E-state index in [1.165, 1.54) is 0 Å². The highest BCUT2D eigenvalue weighted by atomic mass is 16.2. The molecule has 2 fully saturated rings. The van der Waals surface area contributed by atoms with Gasteiger partial charge in [-0.15, -0.1) is 0 Å². The van der Waals surface area contributed by atoms with Gasteiger partial charge in [0.1, 0.15) is 5.65 Å². The zero-order valence-electron chi connectivity index (χ0n) is 13.0. The summed E-state index contributed by atoms with van der Waals surface area (Å²) in [5.74, 6) is 0.114. The minimum atomic E-state index is -0.137. The number of amides is 3. The Labute approximate surface area is 133 Å². The van der Waals surface area contributed by atoms with E-state index < -0.39 is 0 Å². The Hall–Kier alpha value is -2.57. The molecule has 2 atom stereocenters. The molecule has 0 spiro atoms. The van der Waals surface area contributed by atoms with Crippen molar-refractivity contribution in [3.8, 4) is 0 Å². The molecule has 23 heavy (non-hydrogen) atoms. The van der Waals surface area contributed by atoms with E-state index in [2.05, 4.69) is 10.3 Å². The molecule has 7 heteroatoms. The number of carbonyl (C=O) groups is 2. The van der Waals surface area contributed by atoms with Crippen LogP contribution in [0.25, 0.3) is 5.65 Å². The average molecular weight is 313 g/mol. The van der Waals surface area contributed by atoms with E-state index in [1.807, 2.05) is 40.9 Å². The molecular weight excluding hydrogens is 294 g/mol. The number of anilines is 1. The van der Waals surface area contributed by atoms with Gasteiger partial charge in [-0.1, -0.05) is 0 Å². The van der Waals surface area contributed by atoms with Crippen molar-refractivity contribution in [2.45, 2.75) is 18.9 Å². The van der Waals surface area contributed by atoms with E-state index in [0.29, 0.717) is 13.1 Å². The molecule has 0 radical (unpaired) electrons. The van der Waals surface area contributed by atoms with Crippen LogP contribution in [0.5, 0.6) is 0 Å². The number of nitrogens with zero attached hydrogens (tertiary/aromatic N) is 4. The van der Waals surface area contributed by atoms with Gasteiger partial charge < -0.3 is 19.5 Å². The molecule has 0 bridgehead atoms. The average Bonchev–Trinajstić information content (AvgIpc) is 3.12. The number of hydrogen-bond donors (Lipinski definition) is 1. The Bertz CT molecular complexity index is 771. The topological polar surface area (TPSA) is 69.9 Å². The maximum Gasteiger partial charge on any atom is 0.322 e. The van der Waals surface area contributed by atoms with Crippen LogP contribution in [-0.4, -0.2) is 57.3 Å². The van der Waals surface area contributed by atoms with Gasteiger partial charge in [0.25, 0.3) is 0 Å². The van der Waals surface area contributed by atoms with Crippen LogP contribution in [0.15, 0.2) is 30.7 Å². The standard InChI is InChI=1S/C16H19N5O2/c1-19-10-13-12(15(19)22)3-2-7-21(13)16(23)18-11-4-5-14-17-6-8-20(14)9-11/h4-6,8-9,12-13H,2-3,7,10H2,1H3,(H,18,23)/t12-,13-/m1/s1. The number of pyridine rings is 1. The lowest BCUT2D eigenvalue weighted by Gasteiger charge is -2.35. The molecule has 2 aliphatic heterocycles. The number of piperidine rings is 1. The fourth-order valence-corrected chi connectivity index (χ4v) is 3.67. The third kappa shape index (κ3) is 2.32. The van der Waals surface area contributed by atoms with Crippen LogP contribution in [0, 0.1) is 5.92 Å². The summed E-state index contributed by atoms with van der Waals surface area (Å²) in [7, 11) is 1.81. The first-order chi connectivity index (χ1) is 11.1. The zero-order valence-corrected chi connectivity index (χ0v) is 13.0. The Morgan fingerprint density at radius 3 is 3.13 bits per heavy atom. The molecule has 2 aromatic heterocycles. The Balaban J connectivity index is 1.53. The van der Waals surface area contributed by atoms with Gasteiger partial charge in [0.15, 0.2) is 0 Å². The number of nitrogens with one attached hydrogen (secondary N) is 1. The minimum Gasteiger partial charge on any atom is -0.343 e. The molecular formula is C16H19N5O2. The summed E-state index contributed by atoms with van der Waals surface area (Å²) in [6.45, 7) is 1.32. The lowest BCUT2D eigenvalue weighted by atomic mass is 9.92. The summed E-state index contributed by atoms with van der Waals surface area (Å²) >= 11 is 0. The molecule has 2 saturated heterocycles. The van der Waals surface area contributed by atoms with Gasteiger partial charge in [-0.2, -0.15) is 0 Å². The van der Waals surface area contributed by atoms with E-state index in [0.717, 1.165) is 24.2 Å². The normalized spacial score (nSPS) is 24.1. The molecule has 1 N–H and O–H groups in total. The molecule has 0 aromatic carbocycles. The van der Waals surface area contributed by atoms with E-state index in [9.17, 15) is 9.59 Å².